The van der Waals surface area contributed by atoms with E-state index >= 15 is 0 Å². The molecule has 0 bridgehead atoms. The van der Waals surface area contributed by atoms with Gasteiger partial charge in [0.25, 0.3) is 0 Å². The van der Waals surface area contributed by atoms with Crippen molar-refractivity contribution < 1.29 is 31.4 Å². The molecule has 108 valence electrons. The van der Waals surface area contributed by atoms with Gasteiger partial charge in [0.1, 0.15) is 0 Å². The predicted octanol–water partition coefficient (Wildman–Crippen LogP) is 3.64. The van der Waals surface area contributed by atoms with Gasteiger partial charge >= 0.3 is 12.4 Å². The topological polar surface area (TPSA) is 20.2 Å². The van der Waals surface area contributed by atoms with Gasteiger partial charge in [-0.3, -0.25) is 0 Å². The highest BCUT2D eigenvalue weighted by Gasteiger charge is 2.59. The summed E-state index contributed by atoms with van der Waals surface area (Å²) in [5.41, 5.74) is 1.04. The highest BCUT2D eigenvalue weighted by Crippen LogP contribution is 2.42. The first-order valence-corrected chi connectivity index (χ1v) is 5.39. The molecule has 1 aromatic carbocycles. The number of hydrogen-bond donors (Lipinski definition) is 1. The van der Waals surface area contributed by atoms with Crippen LogP contribution in [0.4, 0.5) is 26.3 Å². The summed E-state index contributed by atoms with van der Waals surface area (Å²) in [7, 11) is 0. The largest absolute Gasteiger partial charge is 0.403 e. The lowest BCUT2D eigenvalue weighted by molar-refractivity contribution is -0.305. The summed E-state index contributed by atoms with van der Waals surface area (Å²) in [6.45, 7) is 1.73. The third-order valence-corrected chi connectivity index (χ3v) is 2.66. The highest BCUT2D eigenvalue weighted by molar-refractivity contribution is 5.22. The van der Waals surface area contributed by atoms with Crippen molar-refractivity contribution in [2.75, 3.05) is 0 Å². The van der Waals surface area contributed by atoms with Crippen LogP contribution in [0.5, 0.6) is 0 Å². The van der Waals surface area contributed by atoms with E-state index in [0.29, 0.717) is 0 Å². The van der Waals surface area contributed by atoms with Crippen LogP contribution in [0.25, 0.3) is 0 Å². The zero-order chi connectivity index (χ0) is 14.8. The molecule has 0 heterocycles. The third kappa shape index (κ3) is 4.41. The number of halogens is 6. The Hall–Kier alpha value is -1.24. The molecule has 1 nitrogen and oxygen atoms in total. The highest BCUT2D eigenvalue weighted by atomic mass is 19.4. The Morgan fingerprint density at radius 3 is 1.74 bits per heavy atom. The van der Waals surface area contributed by atoms with Gasteiger partial charge in [0.2, 0.25) is 0 Å². The second kappa shape index (κ2) is 5.40. The predicted molar refractivity (Wildman–Crippen MR) is 56.5 cm³/mol. The Morgan fingerprint density at radius 2 is 1.37 bits per heavy atom. The van der Waals surface area contributed by atoms with Crippen molar-refractivity contribution in [3.63, 3.8) is 0 Å². The van der Waals surface area contributed by atoms with Gasteiger partial charge in [-0.1, -0.05) is 29.8 Å². The molecule has 0 saturated carbocycles. The first-order chi connectivity index (χ1) is 8.51. The van der Waals surface area contributed by atoms with Gasteiger partial charge in [0.15, 0.2) is 5.92 Å². The SMILES string of the molecule is Cc1ccc(CC(O)C(C(F)(F)F)C(F)(F)F)cc1. The molecule has 1 aromatic rings. The van der Waals surface area contributed by atoms with Crippen LogP contribution in [0.15, 0.2) is 24.3 Å². The van der Waals surface area contributed by atoms with Crippen molar-refractivity contribution in [3.8, 4) is 0 Å². The summed E-state index contributed by atoms with van der Waals surface area (Å²) in [5.74, 6) is -3.73. The van der Waals surface area contributed by atoms with Crippen molar-refractivity contribution in [1.82, 2.24) is 0 Å². The van der Waals surface area contributed by atoms with Gasteiger partial charge in [-0.05, 0) is 18.9 Å². The molecule has 1 rings (SSSR count). The molecule has 19 heavy (non-hydrogen) atoms. The van der Waals surface area contributed by atoms with E-state index in [2.05, 4.69) is 0 Å². The molecule has 0 fully saturated rings. The Bertz CT molecular complexity index is 392. The summed E-state index contributed by atoms with van der Waals surface area (Å²) in [5, 5.41) is 9.26. The minimum atomic E-state index is -5.53. The molecule has 0 amide bonds. The third-order valence-electron chi connectivity index (χ3n) is 2.66. The smallest absolute Gasteiger partial charge is 0.392 e. The second-order valence-electron chi connectivity index (χ2n) is 4.32. The van der Waals surface area contributed by atoms with Crippen LogP contribution in [0.2, 0.25) is 0 Å². The first kappa shape index (κ1) is 15.8. The van der Waals surface area contributed by atoms with Crippen LogP contribution < -0.4 is 0 Å². The number of alkyl halides is 6. The van der Waals surface area contributed by atoms with Crippen molar-refractivity contribution in [1.29, 1.82) is 0 Å². The Morgan fingerprint density at radius 1 is 0.947 bits per heavy atom. The lowest BCUT2D eigenvalue weighted by atomic mass is 9.94. The molecular weight excluding hydrogens is 274 g/mol. The van der Waals surface area contributed by atoms with Gasteiger partial charge < -0.3 is 5.11 Å². The van der Waals surface area contributed by atoms with Crippen LogP contribution in [-0.4, -0.2) is 23.6 Å². The molecule has 0 aliphatic rings. The van der Waals surface area contributed by atoms with Crippen LogP contribution in [0.1, 0.15) is 11.1 Å². The standard InChI is InChI=1S/C12H12F6O/c1-7-2-4-8(5-3-7)6-9(19)10(11(13,14)15)12(16,17)18/h2-5,9-10,19H,6H2,1H3. The minimum absolute atomic E-state index is 0.219. The monoisotopic (exact) mass is 286 g/mol. The Balaban J connectivity index is 2.89. The normalized spacial score (nSPS) is 14.8. The average Bonchev–Trinajstić information content (AvgIpc) is 2.16. The quantitative estimate of drug-likeness (QED) is 0.841. The zero-order valence-electron chi connectivity index (χ0n) is 9.89. The maximum atomic E-state index is 12.4. The number of aryl methyl sites for hydroxylation is 1. The van der Waals surface area contributed by atoms with E-state index in [0.717, 1.165) is 5.56 Å². The summed E-state index contributed by atoms with van der Waals surface area (Å²) in [6.07, 6.45) is -14.3. The molecule has 0 saturated heterocycles. The fourth-order valence-electron chi connectivity index (χ4n) is 1.71. The molecule has 1 N–H and O–H groups in total. The van der Waals surface area contributed by atoms with Crippen LogP contribution in [0, 0.1) is 12.8 Å². The van der Waals surface area contributed by atoms with E-state index in [1.807, 2.05) is 0 Å². The van der Waals surface area contributed by atoms with E-state index < -0.39 is 30.8 Å². The van der Waals surface area contributed by atoms with E-state index in [1.54, 1.807) is 19.1 Å². The van der Waals surface area contributed by atoms with E-state index in [9.17, 15) is 31.4 Å². The fraction of sp³-hybridized carbons (Fsp3) is 0.500. The van der Waals surface area contributed by atoms with Gasteiger partial charge in [-0.25, -0.2) is 0 Å². The molecule has 0 spiro atoms. The van der Waals surface area contributed by atoms with E-state index in [4.69, 9.17) is 0 Å². The number of aliphatic hydroxyl groups excluding tert-OH is 1. The summed E-state index contributed by atoms with van der Waals surface area (Å²) >= 11 is 0. The van der Waals surface area contributed by atoms with Crippen LogP contribution >= 0.6 is 0 Å². The van der Waals surface area contributed by atoms with E-state index in [-0.39, 0.29) is 5.56 Å². The summed E-state index contributed by atoms with van der Waals surface area (Å²) < 4.78 is 74.1. The molecule has 1 atom stereocenters. The van der Waals surface area contributed by atoms with Crippen molar-refractivity contribution in [3.05, 3.63) is 35.4 Å². The number of hydrogen-bond acceptors (Lipinski definition) is 1. The minimum Gasteiger partial charge on any atom is -0.392 e. The molecule has 0 aliphatic heterocycles. The number of benzene rings is 1. The summed E-state index contributed by atoms with van der Waals surface area (Å²) in [4.78, 5) is 0. The van der Waals surface area contributed by atoms with Gasteiger partial charge in [-0.2, -0.15) is 26.3 Å². The van der Waals surface area contributed by atoms with Crippen LogP contribution in [-0.2, 0) is 6.42 Å². The lowest BCUT2D eigenvalue weighted by Gasteiger charge is -2.27. The van der Waals surface area contributed by atoms with Gasteiger partial charge in [-0.15, -0.1) is 0 Å². The molecule has 0 aromatic heterocycles. The molecule has 7 heteroatoms. The zero-order valence-corrected chi connectivity index (χ0v) is 9.89. The fourth-order valence-corrected chi connectivity index (χ4v) is 1.71. The Kier molecular flexibility index (Phi) is 4.50. The number of rotatable bonds is 3. The molecular formula is C12H12F6O. The first-order valence-electron chi connectivity index (χ1n) is 5.39. The average molecular weight is 286 g/mol. The maximum Gasteiger partial charge on any atom is 0.403 e. The molecule has 0 aliphatic carbocycles. The molecule has 1 unspecified atom stereocenters. The molecule has 0 radical (unpaired) electrons. The van der Waals surface area contributed by atoms with Crippen molar-refractivity contribution in [2.45, 2.75) is 31.8 Å². The second-order valence-corrected chi connectivity index (χ2v) is 4.32. The van der Waals surface area contributed by atoms with Crippen molar-refractivity contribution in [2.24, 2.45) is 5.92 Å². The van der Waals surface area contributed by atoms with Gasteiger partial charge in [0, 0.05) is 0 Å². The maximum absolute atomic E-state index is 12.4. The van der Waals surface area contributed by atoms with Crippen LogP contribution in [0.3, 0.4) is 0 Å². The van der Waals surface area contributed by atoms with Gasteiger partial charge in [0.05, 0.1) is 6.10 Å². The van der Waals surface area contributed by atoms with E-state index in [1.165, 1.54) is 12.1 Å². The number of aliphatic hydroxyl groups is 1. The Labute approximate surface area is 105 Å². The summed E-state index contributed by atoms with van der Waals surface area (Å²) in [6, 6.07) is 5.89. The lowest BCUT2D eigenvalue weighted by Crippen LogP contribution is -2.45. The van der Waals surface area contributed by atoms with Crippen molar-refractivity contribution >= 4 is 0 Å².